The second-order valence-corrected chi connectivity index (χ2v) is 14.8. The predicted octanol–water partition coefficient (Wildman–Crippen LogP) is 9.50. The average molecular weight is 709 g/mol. The predicted molar refractivity (Wildman–Crippen MR) is 192 cm³/mol. The number of phosphoric acid groups is 1. The van der Waals surface area contributed by atoms with Crippen LogP contribution in [-0.2, 0) is 32.7 Å². The number of aliphatic hydroxyl groups is 2. The average Bonchev–Trinajstić information content (AvgIpc) is 3.07. The van der Waals surface area contributed by atoms with Gasteiger partial charge in [0.1, 0.15) is 12.7 Å². The van der Waals surface area contributed by atoms with Crippen LogP contribution in [0.4, 0.5) is 0 Å². The number of carbonyl (C=O) groups excluding carboxylic acids is 2. The summed E-state index contributed by atoms with van der Waals surface area (Å²) in [5, 5.41) is 18.3. The van der Waals surface area contributed by atoms with Crippen molar-refractivity contribution in [2.45, 2.75) is 199 Å². The van der Waals surface area contributed by atoms with Gasteiger partial charge in [-0.25, -0.2) is 4.57 Å². The van der Waals surface area contributed by atoms with Crippen molar-refractivity contribution in [2.75, 3.05) is 26.4 Å². The standard InChI is InChI=1S/C37H73O10P/c1-3-5-7-9-11-13-15-16-17-19-21-23-25-27-29-37(41)47-35(33-46-48(42,43)45-31-34(39)30-38)32-44-36(40)28-26-24-22-20-18-14-12-10-8-6-4-2/h34-35,38-39H,3-33H2,1-2H3,(H,42,43). The van der Waals surface area contributed by atoms with Gasteiger partial charge in [0.15, 0.2) is 6.10 Å². The third-order valence-corrected chi connectivity index (χ3v) is 9.46. The fraction of sp³-hybridized carbons (Fsp3) is 0.946. The van der Waals surface area contributed by atoms with Crippen molar-refractivity contribution in [3.8, 4) is 0 Å². The molecule has 0 radical (unpaired) electrons. The van der Waals surface area contributed by atoms with Gasteiger partial charge in [-0.1, -0.05) is 162 Å². The van der Waals surface area contributed by atoms with Crippen LogP contribution in [0.5, 0.6) is 0 Å². The highest BCUT2D eigenvalue weighted by molar-refractivity contribution is 7.47. The maximum absolute atomic E-state index is 12.5. The zero-order valence-corrected chi connectivity index (χ0v) is 31.6. The fourth-order valence-corrected chi connectivity index (χ4v) is 6.25. The van der Waals surface area contributed by atoms with Crippen molar-refractivity contribution in [2.24, 2.45) is 0 Å². The number of phosphoric ester groups is 1. The Bertz CT molecular complexity index is 781. The van der Waals surface area contributed by atoms with E-state index in [9.17, 15) is 24.2 Å². The number of aliphatic hydroxyl groups excluding tert-OH is 2. The first-order chi connectivity index (χ1) is 23.2. The molecule has 3 N–H and O–H groups in total. The van der Waals surface area contributed by atoms with Crippen molar-refractivity contribution >= 4 is 19.8 Å². The quantitative estimate of drug-likeness (QED) is 0.0324. The van der Waals surface area contributed by atoms with E-state index in [1.165, 1.54) is 109 Å². The lowest BCUT2D eigenvalue weighted by Crippen LogP contribution is -2.29. The summed E-state index contributed by atoms with van der Waals surface area (Å²) >= 11 is 0. The molecular weight excluding hydrogens is 635 g/mol. The minimum absolute atomic E-state index is 0.192. The molecule has 11 heteroatoms. The molecular formula is C37H73O10P. The summed E-state index contributed by atoms with van der Waals surface area (Å²) in [7, 11) is -4.60. The highest BCUT2D eigenvalue weighted by Crippen LogP contribution is 2.43. The van der Waals surface area contributed by atoms with Crippen molar-refractivity contribution in [3.63, 3.8) is 0 Å². The van der Waals surface area contributed by atoms with Crippen LogP contribution in [-0.4, -0.2) is 65.7 Å². The summed E-state index contributed by atoms with van der Waals surface area (Å²) < 4.78 is 32.6. The normalized spacial score (nSPS) is 14.0. The molecule has 0 heterocycles. The molecule has 0 saturated carbocycles. The first-order valence-corrected chi connectivity index (χ1v) is 21.0. The van der Waals surface area contributed by atoms with Crippen LogP contribution in [0.2, 0.25) is 0 Å². The van der Waals surface area contributed by atoms with Gasteiger partial charge < -0.3 is 24.6 Å². The molecule has 0 bridgehead atoms. The number of carbonyl (C=O) groups is 2. The van der Waals surface area contributed by atoms with Gasteiger partial charge in [-0.15, -0.1) is 0 Å². The van der Waals surface area contributed by atoms with Crippen molar-refractivity contribution in [3.05, 3.63) is 0 Å². The Labute approximate surface area is 293 Å². The minimum atomic E-state index is -4.60. The van der Waals surface area contributed by atoms with Gasteiger partial charge in [0, 0.05) is 12.8 Å². The van der Waals surface area contributed by atoms with Crippen LogP contribution < -0.4 is 0 Å². The molecule has 0 fully saturated rings. The molecule has 0 aromatic rings. The first kappa shape index (κ1) is 47.0. The maximum Gasteiger partial charge on any atom is 0.472 e. The Morgan fingerprint density at radius 2 is 0.896 bits per heavy atom. The first-order valence-electron chi connectivity index (χ1n) is 19.5. The molecule has 286 valence electrons. The lowest BCUT2D eigenvalue weighted by Gasteiger charge is -2.20. The molecule has 0 aliphatic carbocycles. The molecule has 0 rings (SSSR count). The van der Waals surface area contributed by atoms with Gasteiger partial charge in [-0.3, -0.25) is 18.6 Å². The summed E-state index contributed by atoms with van der Waals surface area (Å²) in [5.74, 6) is -0.915. The molecule has 0 spiro atoms. The number of hydrogen-bond donors (Lipinski definition) is 3. The molecule has 48 heavy (non-hydrogen) atoms. The molecule has 0 aliphatic heterocycles. The highest BCUT2D eigenvalue weighted by atomic mass is 31.2. The van der Waals surface area contributed by atoms with Gasteiger partial charge >= 0.3 is 19.8 Å². The summed E-state index contributed by atoms with van der Waals surface area (Å²) in [6.07, 6.45) is 27.8. The second kappa shape index (κ2) is 34.4. The van der Waals surface area contributed by atoms with Gasteiger partial charge in [-0.2, -0.15) is 0 Å². The SMILES string of the molecule is CCCCCCCCCCCCCCCCC(=O)OC(COC(=O)CCCCCCCCCCCCC)COP(=O)(O)OCC(O)CO. The molecule has 0 saturated heterocycles. The van der Waals surface area contributed by atoms with Crippen molar-refractivity contribution in [1.29, 1.82) is 0 Å². The second-order valence-electron chi connectivity index (χ2n) is 13.3. The largest absolute Gasteiger partial charge is 0.472 e. The molecule has 0 aromatic heterocycles. The van der Waals surface area contributed by atoms with Crippen LogP contribution in [0, 0.1) is 0 Å². The summed E-state index contributed by atoms with van der Waals surface area (Å²) in [4.78, 5) is 34.8. The number of ether oxygens (including phenoxy) is 2. The van der Waals surface area contributed by atoms with E-state index in [1.54, 1.807) is 0 Å². The molecule has 0 aliphatic rings. The van der Waals surface area contributed by atoms with E-state index in [4.69, 9.17) is 19.1 Å². The van der Waals surface area contributed by atoms with Crippen molar-refractivity contribution in [1.82, 2.24) is 0 Å². The van der Waals surface area contributed by atoms with E-state index in [2.05, 4.69) is 18.4 Å². The van der Waals surface area contributed by atoms with E-state index in [-0.39, 0.29) is 19.4 Å². The number of unbranched alkanes of at least 4 members (excludes halogenated alkanes) is 23. The molecule has 0 amide bonds. The number of esters is 2. The number of hydrogen-bond acceptors (Lipinski definition) is 9. The molecule has 3 unspecified atom stereocenters. The van der Waals surface area contributed by atoms with E-state index >= 15 is 0 Å². The highest BCUT2D eigenvalue weighted by Gasteiger charge is 2.27. The van der Waals surface area contributed by atoms with Crippen LogP contribution in [0.15, 0.2) is 0 Å². The molecule has 0 aromatic carbocycles. The van der Waals surface area contributed by atoms with E-state index < -0.39 is 51.8 Å². The fourth-order valence-electron chi connectivity index (χ4n) is 5.46. The maximum atomic E-state index is 12.5. The number of rotatable bonds is 37. The molecule has 10 nitrogen and oxygen atoms in total. The van der Waals surface area contributed by atoms with Crippen LogP contribution in [0.3, 0.4) is 0 Å². The third-order valence-electron chi connectivity index (χ3n) is 8.51. The summed E-state index contributed by atoms with van der Waals surface area (Å²) in [6, 6.07) is 0. The Morgan fingerprint density at radius 1 is 0.542 bits per heavy atom. The van der Waals surface area contributed by atoms with Gasteiger partial charge in [0.2, 0.25) is 0 Å². The van der Waals surface area contributed by atoms with Crippen LogP contribution in [0.25, 0.3) is 0 Å². The lowest BCUT2D eigenvalue weighted by atomic mass is 10.0. The van der Waals surface area contributed by atoms with Gasteiger partial charge in [0.25, 0.3) is 0 Å². The van der Waals surface area contributed by atoms with E-state index in [1.807, 2.05) is 0 Å². The topological polar surface area (TPSA) is 149 Å². The Hall–Kier alpha value is -1.03. The lowest BCUT2D eigenvalue weighted by molar-refractivity contribution is -0.161. The summed E-state index contributed by atoms with van der Waals surface area (Å²) in [6.45, 7) is 2.38. The minimum Gasteiger partial charge on any atom is -0.462 e. The van der Waals surface area contributed by atoms with Gasteiger partial charge in [0.05, 0.1) is 19.8 Å². The van der Waals surface area contributed by atoms with Crippen LogP contribution >= 0.6 is 7.82 Å². The molecule has 3 atom stereocenters. The van der Waals surface area contributed by atoms with E-state index in [0.717, 1.165) is 38.5 Å². The van der Waals surface area contributed by atoms with Crippen molar-refractivity contribution < 1.29 is 47.8 Å². The summed E-state index contributed by atoms with van der Waals surface area (Å²) in [5.41, 5.74) is 0. The zero-order valence-electron chi connectivity index (χ0n) is 30.7. The van der Waals surface area contributed by atoms with Gasteiger partial charge in [-0.05, 0) is 12.8 Å². The van der Waals surface area contributed by atoms with Crippen LogP contribution in [0.1, 0.15) is 187 Å². The zero-order chi connectivity index (χ0) is 35.6. The van der Waals surface area contributed by atoms with E-state index in [0.29, 0.717) is 12.8 Å². The Balaban J connectivity index is 4.32. The third kappa shape index (κ3) is 33.5. The monoisotopic (exact) mass is 708 g/mol. The Kier molecular flexibility index (Phi) is 33.7. The smallest absolute Gasteiger partial charge is 0.462 e. The Morgan fingerprint density at radius 3 is 1.29 bits per heavy atom.